The molecule has 0 saturated carbocycles. The number of carboxylic acid groups (broad SMARTS) is 1. The molecule has 1 amide bonds. The molecule has 3 N–H and O–H groups in total. The van der Waals surface area contributed by atoms with Gasteiger partial charge < -0.3 is 20.6 Å². The van der Waals surface area contributed by atoms with Crippen molar-refractivity contribution in [2.24, 2.45) is 0 Å². The van der Waals surface area contributed by atoms with E-state index in [2.05, 4.69) is 9.88 Å². The van der Waals surface area contributed by atoms with Crippen LogP contribution in [0, 0.1) is 6.92 Å². The number of pyridine rings is 1. The van der Waals surface area contributed by atoms with E-state index in [0.29, 0.717) is 25.3 Å². The number of aryl methyl sites for hydroxylation is 1. The Morgan fingerprint density at radius 3 is 2.78 bits per heavy atom. The van der Waals surface area contributed by atoms with Gasteiger partial charge in [-0.1, -0.05) is 0 Å². The van der Waals surface area contributed by atoms with E-state index >= 15 is 0 Å². The van der Waals surface area contributed by atoms with Gasteiger partial charge in [-0.05, 0) is 26.0 Å². The fourth-order valence-electron chi connectivity index (χ4n) is 2.18. The second-order valence-electron chi connectivity index (χ2n) is 4.62. The van der Waals surface area contributed by atoms with Crippen LogP contribution in [0.25, 0.3) is 0 Å². The van der Waals surface area contributed by atoms with E-state index in [-0.39, 0.29) is 6.04 Å². The summed E-state index contributed by atoms with van der Waals surface area (Å²) >= 11 is 0. The Kier molecular flexibility index (Phi) is 3.27. The van der Waals surface area contributed by atoms with Crippen molar-refractivity contribution in [2.75, 3.05) is 30.3 Å². The molecule has 1 atom stereocenters. The number of nitrogens with zero attached hydrogens (tertiary/aromatic N) is 3. The molecule has 0 radical (unpaired) electrons. The molecular weight excluding hydrogens is 232 g/mol. The van der Waals surface area contributed by atoms with Crippen molar-refractivity contribution in [1.82, 2.24) is 9.88 Å². The SMILES string of the molecule is Cc1nc(N2CCN(C(=O)O)[C@@H](C)C2)ccc1N. The van der Waals surface area contributed by atoms with Gasteiger partial charge in [0, 0.05) is 25.7 Å². The molecule has 2 rings (SSSR count). The van der Waals surface area contributed by atoms with Crippen LogP contribution >= 0.6 is 0 Å². The molecule has 18 heavy (non-hydrogen) atoms. The number of anilines is 2. The minimum Gasteiger partial charge on any atom is -0.465 e. The number of aromatic nitrogens is 1. The van der Waals surface area contributed by atoms with Gasteiger partial charge in [-0.2, -0.15) is 0 Å². The number of hydrogen-bond acceptors (Lipinski definition) is 4. The summed E-state index contributed by atoms with van der Waals surface area (Å²) in [5.74, 6) is 0.860. The highest BCUT2D eigenvalue weighted by molar-refractivity contribution is 5.66. The quantitative estimate of drug-likeness (QED) is 0.781. The number of nitrogen functional groups attached to an aromatic ring is 1. The van der Waals surface area contributed by atoms with Gasteiger partial charge in [0.15, 0.2) is 0 Å². The zero-order chi connectivity index (χ0) is 13.3. The van der Waals surface area contributed by atoms with Crippen LogP contribution in [0.1, 0.15) is 12.6 Å². The first-order valence-corrected chi connectivity index (χ1v) is 5.96. The van der Waals surface area contributed by atoms with Gasteiger partial charge in [0.2, 0.25) is 0 Å². The topological polar surface area (TPSA) is 82.7 Å². The zero-order valence-electron chi connectivity index (χ0n) is 10.6. The van der Waals surface area contributed by atoms with Crippen molar-refractivity contribution < 1.29 is 9.90 Å². The van der Waals surface area contributed by atoms with Gasteiger partial charge in [0.1, 0.15) is 5.82 Å². The van der Waals surface area contributed by atoms with Crippen molar-refractivity contribution in [3.63, 3.8) is 0 Å². The van der Waals surface area contributed by atoms with Gasteiger partial charge in [0.25, 0.3) is 0 Å². The lowest BCUT2D eigenvalue weighted by molar-refractivity contribution is 0.122. The van der Waals surface area contributed by atoms with Gasteiger partial charge >= 0.3 is 6.09 Å². The van der Waals surface area contributed by atoms with E-state index in [1.54, 1.807) is 0 Å². The fraction of sp³-hybridized carbons (Fsp3) is 0.500. The van der Waals surface area contributed by atoms with Crippen molar-refractivity contribution in [3.8, 4) is 0 Å². The normalized spacial score (nSPS) is 20.0. The van der Waals surface area contributed by atoms with Crippen LogP contribution in [-0.2, 0) is 0 Å². The van der Waals surface area contributed by atoms with Gasteiger partial charge in [0.05, 0.1) is 11.4 Å². The largest absolute Gasteiger partial charge is 0.465 e. The number of nitrogens with two attached hydrogens (primary N) is 1. The minimum atomic E-state index is -0.858. The molecule has 1 saturated heterocycles. The molecule has 6 heteroatoms. The number of piperazine rings is 1. The summed E-state index contributed by atoms with van der Waals surface area (Å²) in [4.78, 5) is 19.0. The average Bonchev–Trinajstić information content (AvgIpc) is 2.32. The third-order valence-corrected chi connectivity index (χ3v) is 3.31. The van der Waals surface area contributed by atoms with Crippen LogP contribution in [-0.4, -0.2) is 46.8 Å². The highest BCUT2D eigenvalue weighted by atomic mass is 16.4. The smallest absolute Gasteiger partial charge is 0.407 e. The minimum absolute atomic E-state index is 0.0316. The highest BCUT2D eigenvalue weighted by Gasteiger charge is 2.27. The van der Waals surface area contributed by atoms with E-state index in [1.165, 1.54) is 4.90 Å². The molecule has 0 aromatic carbocycles. The van der Waals surface area contributed by atoms with E-state index in [0.717, 1.165) is 11.5 Å². The Morgan fingerprint density at radius 2 is 2.22 bits per heavy atom. The summed E-state index contributed by atoms with van der Waals surface area (Å²) in [7, 11) is 0. The third kappa shape index (κ3) is 2.32. The monoisotopic (exact) mass is 250 g/mol. The van der Waals surface area contributed by atoms with Crippen LogP contribution < -0.4 is 10.6 Å². The maximum Gasteiger partial charge on any atom is 0.407 e. The Labute approximate surface area is 106 Å². The standard InChI is InChI=1S/C12H18N4O2/c1-8-7-15(5-6-16(8)12(17)18)11-4-3-10(13)9(2)14-11/h3-4,8H,5-7,13H2,1-2H3,(H,17,18)/t8-/m0/s1. The molecule has 1 aliphatic heterocycles. The third-order valence-electron chi connectivity index (χ3n) is 3.31. The first-order valence-electron chi connectivity index (χ1n) is 5.96. The lowest BCUT2D eigenvalue weighted by atomic mass is 10.2. The van der Waals surface area contributed by atoms with Crippen molar-refractivity contribution in [1.29, 1.82) is 0 Å². The molecule has 6 nitrogen and oxygen atoms in total. The Hall–Kier alpha value is -1.98. The Bertz CT molecular complexity index is 463. The Balaban J connectivity index is 2.12. The molecule has 0 bridgehead atoms. The fourth-order valence-corrected chi connectivity index (χ4v) is 2.18. The van der Waals surface area contributed by atoms with Gasteiger partial charge in [-0.25, -0.2) is 9.78 Å². The van der Waals surface area contributed by atoms with Crippen molar-refractivity contribution in [3.05, 3.63) is 17.8 Å². The van der Waals surface area contributed by atoms with E-state index in [1.807, 2.05) is 26.0 Å². The van der Waals surface area contributed by atoms with Crippen LogP contribution in [0.2, 0.25) is 0 Å². The van der Waals surface area contributed by atoms with E-state index in [9.17, 15) is 4.79 Å². The lowest BCUT2D eigenvalue weighted by Gasteiger charge is -2.38. The predicted molar refractivity (Wildman–Crippen MR) is 69.8 cm³/mol. The molecule has 0 spiro atoms. The molecule has 2 heterocycles. The van der Waals surface area contributed by atoms with E-state index < -0.39 is 6.09 Å². The Morgan fingerprint density at radius 1 is 1.50 bits per heavy atom. The van der Waals surface area contributed by atoms with Gasteiger partial charge in [-0.3, -0.25) is 0 Å². The summed E-state index contributed by atoms with van der Waals surface area (Å²) in [6, 6.07) is 3.69. The summed E-state index contributed by atoms with van der Waals surface area (Å²) in [6.07, 6.45) is -0.858. The molecule has 98 valence electrons. The first-order chi connectivity index (χ1) is 8.49. The van der Waals surface area contributed by atoms with E-state index in [4.69, 9.17) is 10.8 Å². The number of carbonyl (C=O) groups is 1. The van der Waals surface area contributed by atoms with Crippen LogP contribution in [0.15, 0.2) is 12.1 Å². The lowest BCUT2D eigenvalue weighted by Crippen LogP contribution is -2.53. The zero-order valence-corrected chi connectivity index (χ0v) is 10.6. The summed E-state index contributed by atoms with van der Waals surface area (Å²) in [6.45, 7) is 5.59. The molecule has 0 unspecified atom stereocenters. The highest BCUT2D eigenvalue weighted by Crippen LogP contribution is 2.19. The second-order valence-corrected chi connectivity index (χ2v) is 4.62. The number of rotatable bonds is 1. The maximum atomic E-state index is 11.0. The number of amides is 1. The molecular formula is C12H18N4O2. The molecule has 1 aliphatic rings. The van der Waals surface area contributed by atoms with Crippen molar-refractivity contribution >= 4 is 17.6 Å². The second kappa shape index (κ2) is 4.72. The molecule has 1 aromatic heterocycles. The summed E-state index contributed by atoms with van der Waals surface area (Å²) in [5, 5.41) is 9.02. The maximum absolute atomic E-state index is 11.0. The average molecular weight is 250 g/mol. The van der Waals surface area contributed by atoms with Crippen LogP contribution in [0.4, 0.5) is 16.3 Å². The first kappa shape index (κ1) is 12.5. The number of hydrogen-bond donors (Lipinski definition) is 2. The predicted octanol–water partition coefficient (Wildman–Crippen LogP) is 1.16. The molecule has 0 aliphatic carbocycles. The summed E-state index contributed by atoms with van der Waals surface area (Å²) < 4.78 is 0. The molecule has 1 aromatic rings. The van der Waals surface area contributed by atoms with Gasteiger partial charge in [-0.15, -0.1) is 0 Å². The van der Waals surface area contributed by atoms with Crippen LogP contribution in [0.3, 0.4) is 0 Å². The molecule has 1 fully saturated rings. The summed E-state index contributed by atoms with van der Waals surface area (Å²) in [5.41, 5.74) is 7.22. The van der Waals surface area contributed by atoms with Crippen LogP contribution in [0.5, 0.6) is 0 Å². The van der Waals surface area contributed by atoms with Crippen molar-refractivity contribution in [2.45, 2.75) is 19.9 Å².